The monoisotopic (exact) mass is 372 g/mol. The molecule has 5 nitrogen and oxygen atoms in total. The highest BCUT2D eigenvalue weighted by atomic mass is 16.5. The Bertz CT molecular complexity index is 636. The molecular formula is C22H32N2O3. The molecule has 0 saturated heterocycles. The highest BCUT2D eigenvalue weighted by Gasteiger charge is 2.36. The van der Waals surface area contributed by atoms with Gasteiger partial charge in [-0.15, -0.1) is 0 Å². The van der Waals surface area contributed by atoms with Crippen LogP contribution in [0.1, 0.15) is 57.1 Å². The van der Waals surface area contributed by atoms with E-state index in [2.05, 4.69) is 41.8 Å². The van der Waals surface area contributed by atoms with Crippen LogP contribution in [-0.2, 0) is 27.2 Å². The van der Waals surface area contributed by atoms with Crippen LogP contribution in [0.5, 0.6) is 0 Å². The molecule has 148 valence electrons. The van der Waals surface area contributed by atoms with Crippen LogP contribution < -0.4 is 10.6 Å². The zero-order valence-electron chi connectivity index (χ0n) is 16.5. The molecule has 1 fully saturated rings. The lowest BCUT2D eigenvalue weighted by Crippen LogP contribution is -2.51. The van der Waals surface area contributed by atoms with Gasteiger partial charge in [0.25, 0.3) is 0 Å². The van der Waals surface area contributed by atoms with Crippen LogP contribution in [0.4, 0.5) is 0 Å². The third kappa shape index (κ3) is 5.10. The molecule has 2 amide bonds. The Balaban J connectivity index is 1.55. The zero-order valence-corrected chi connectivity index (χ0v) is 16.5. The second-order valence-corrected chi connectivity index (χ2v) is 7.83. The number of benzene rings is 1. The lowest BCUT2D eigenvalue weighted by atomic mass is 9.83. The minimum absolute atomic E-state index is 0.0174. The van der Waals surface area contributed by atoms with E-state index in [9.17, 15) is 9.59 Å². The molecule has 27 heavy (non-hydrogen) atoms. The largest absolute Gasteiger partial charge is 0.376 e. The summed E-state index contributed by atoms with van der Waals surface area (Å²) >= 11 is 0. The van der Waals surface area contributed by atoms with Gasteiger partial charge in [-0.05, 0) is 49.7 Å². The highest BCUT2D eigenvalue weighted by Crippen LogP contribution is 2.29. The van der Waals surface area contributed by atoms with Crippen LogP contribution in [0.3, 0.4) is 0 Å². The Morgan fingerprint density at radius 3 is 2.41 bits per heavy atom. The molecule has 2 aliphatic carbocycles. The van der Waals surface area contributed by atoms with Crippen LogP contribution in [0, 0.1) is 5.92 Å². The van der Waals surface area contributed by atoms with Crippen molar-refractivity contribution in [2.45, 2.75) is 77.0 Å². The van der Waals surface area contributed by atoms with Crippen LogP contribution in [-0.4, -0.2) is 36.6 Å². The number of fused-ring (bicyclic) bond motifs is 1. The van der Waals surface area contributed by atoms with E-state index in [0.717, 1.165) is 32.1 Å². The lowest BCUT2D eigenvalue weighted by Gasteiger charge is -2.36. The van der Waals surface area contributed by atoms with Crippen molar-refractivity contribution < 1.29 is 14.3 Å². The van der Waals surface area contributed by atoms with Crippen molar-refractivity contribution in [1.82, 2.24) is 10.6 Å². The molecule has 0 spiro atoms. The van der Waals surface area contributed by atoms with Gasteiger partial charge >= 0.3 is 0 Å². The summed E-state index contributed by atoms with van der Waals surface area (Å²) in [5.74, 6) is 0.153. The summed E-state index contributed by atoms with van der Waals surface area (Å²) in [5.41, 5.74) is 2.69. The average Bonchev–Trinajstić information content (AvgIpc) is 3.09. The molecule has 0 heterocycles. The molecule has 2 N–H and O–H groups in total. The summed E-state index contributed by atoms with van der Waals surface area (Å²) in [6, 6.07) is 8.64. The first-order valence-electron chi connectivity index (χ1n) is 10.4. The number of nitrogens with one attached hydrogen (secondary N) is 2. The fourth-order valence-corrected chi connectivity index (χ4v) is 4.27. The molecule has 1 aromatic rings. The van der Waals surface area contributed by atoms with Gasteiger partial charge in [0.2, 0.25) is 11.8 Å². The third-order valence-electron chi connectivity index (χ3n) is 5.76. The second kappa shape index (κ2) is 9.36. The van der Waals surface area contributed by atoms with Gasteiger partial charge in [0.1, 0.15) is 0 Å². The maximum atomic E-state index is 12.9. The third-order valence-corrected chi connectivity index (χ3v) is 5.76. The van der Waals surface area contributed by atoms with Gasteiger partial charge in [-0.3, -0.25) is 9.59 Å². The number of rotatable bonds is 7. The molecule has 2 aliphatic rings. The first-order valence-corrected chi connectivity index (χ1v) is 10.4. The zero-order chi connectivity index (χ0) is 19.2. The van der Waals surface area contributed by atoms with Crippen molar-refractivity contribution >= 4 is 11.8 Å². The van der Waals surface area contributed by atoms with Crippen molar-refractivity contribution in [3.05, 3.63) is 35.4 Å². The SMILES string of the molecule is CCCO[C@@H]1C[C@@H](C(=O)NC2Cc3ccccc3C2)CC[C@H]1NC(=O)CC. The number of hydrogen-bond acceptors (Lipinski definition) is 3. The first kappa shape index (κ1) is 19.9. The molecule has 0 aliphatic heterocycles. The summed E-state index contributed by atoms with van der Waals surface area (Å²) in [5, 5.41) is 6.33. The Kier molecular flexibility index (Phi) is 6.89. The molecule has 3 atom stereocenters. The number of carbonyl (C=O) groups is 2. The Morgan fingerprint density at radius 2 is 1.78 bits per heavy atom. The topological polar surface area (TPSA) is 67.4 Å². The summed E-state index contributed by atoms with van der Waals surface area (Å²) < 4.78 is 6.00. The summed E-state index contributed by atoms with van der Waals surface area (Å²) in [7, 11) is 0. The summed E-state index contributed by atoms with van der Waals surface area (Å²) in [4.78, 5) is 24.7. The molecule has 3 rings (SSSR count). The van der Waals surface area contributed by atoms with Crippen LogP contribution >= 0.6 is 0 Å². The van der Waals surface area contributed by atoms with E-state index in [0.29, 0.717) is 19.4 Å². The van der Waals surface area contributed by atoms with E-state index in [1.165, 1.54) is 11.1 Å². The van der Waals surface area contributed by atoms with E-state index >= 15 is 0 Å². The van der Waals surface area contributed by atoms with E-state index in [-0.39, 0.29) is 35.9 Å². The van der Waals surface area contributed by atoms with Gasteiger partial charge in [-0.2, -0.15) is 0 Å². The molecule has 0 radical (unpaired) electrons. The molecule has 0 unspecified atom stereocenters. The predicted molar refractivity (Wildman–Crippen MR) is 105 cm³/mol. The van der Waals surface area contributed by atoms with Crippen molar-refractivity contribution in [2.24, 2.45) is 5.92 Å². The van der Waals surface area contributed by atoms with Gasteiger partial charge in [-0.1, -0.05) is 38.1 Å². The quantitative estimate of drug-likeness (QED) is 0.773. The average molecular weight is 373 g/mol. The number of hydrogen-bond donors (Lipinski definition) is 2. The van der Waals surface area contributed by atoms with E-state index in [1.54, 1.807) is 0 Å². The number of ether oxygens (including phenoxy) is 1. The smallest absolute Gasteiger partial charge is 0.223 e. The van der Waals surface area contributed by atoms with Crippen LogP contribution in [0.2, 0.25) is 0 Å². The Hall–Kier alpha value is -1.88. The van der Waals surface area contributed by atoms with Crippen molar-refractivity contribution in [3.8, 4) is 0 Å². The highest BCUT2D eigenvalue weighted by molar-refractivity contribution is 5.79. The maximum Gasteiger partial charge on any atom is 0.223 e. The maximum absolute atomic E-state index is 12.9. The molecule has 5 heteroatoms. The van der Waals surface area contributed by atoms with E-state index in [4.69, 9.17) is 4.74 Å². The van der Waals surface area contributed by atoms with Crippen molar-refractivity contribution in [3.63, 3.8) is 0 Å². The van der Waals surface area contributed by atoms with E-state index in [1.807, 2.05) is 6.92 Å². The summed E-state index contributed by atoms with van der Waals surface area (Å²) in [6.07, 6.45) is 5.44. The minimum atomic E-state index is -0.0780. The molecule has 0 bridgehead atoms. The van der Waals surface area contributed by atoms with Gasteiger partial charge in [0, 0.05) is 25.0 Å². The number of carbonyl (C=O) groups excluding carboxylic acids is 2. The Morgan fingerprint density at radius 1 is 1.07 bits per heavy atom. The predicted octanol–water partition coefficient (Wildman–Crippen LogP) is 2.76. The number of amides is 2. The van der Waals surface area contributed by atoms with Gasteiger partial charge < -0.3 is 15.4 Å². The lowest BCUT2D eigenvalue weighted by molar-refractivity contribution is -0.130. The van der Waals surface area contributed by atoms with Crippen LogP contribution in [0.25, 0.3) is 0 Å². The Labute approximate surface area is 162 Å². The van der Waals surface area contributed by atoms with Crippen molar-refractivity contribution in [1.29, 1.82) is 0 Å². The molecule has 0 aromatic heterocycles. The first-order chi connectivity index (χ1) is 13.1. The molecule has 1 saturated carbocycles. The van der Waals surface area contributed by atoms with E-state index < -0.39 is 0 Å². The molecule has 1 aromatic carbocycles. The van der Waals surface area contributed by atoms with Crippen LogP contribution in [0.15, 0.2) is 24.3 Å². The van der Waals surface area contributed by atoms with Gasteiger partial charge in [0.05, 0.1) is 12.1 Å². The molecular weight excluding hydrogens is 340 g/mol. The van der Waals surface area contributed by atoms with Gasteiger partial charge in [-0.25, -0.2) is 0 Å². The minimum Gasteiger partial charge on any atom is -0.376 e. The van der Waals surface area contributed by atoms with Crippen molar-refractivity contribution in [2.75, 3.05) is 6.61 Å². The normalized spacial score (nSPS) is 25.0. The second-order valence-electron chi connectivity index (χ2n) is 7.83. The summed E-state index contributed by atoms with van der Waals surface area (Å²) in [6.45, 7) is 4.59. The standard InChI is InChI=1S/C22H32N2O3/c1-3-11-27-20-14-17(9-10-19(20)24-21(25)4-2)22(26)23-18-12-15-7-5-6-8-16(15)13-18/h5-8,17-20H,3-4,9-14H2,1-2H3,(H,23,26)(H,24,25)/t17-,19+,20+/m0/s1. The fourth-order valence-electron chi connectivity index (χ4n) is 4.27. The van der Waals surface area contributed by atoms with Gasteiger partial charge in [0.15, 0.2) is 0 Å². The fraction of sp³-hybridized carbons (Fsp3) is 0.636.